The largest absolute Gasteiger partial charge is 0.405 e. The number of halogens is 3. The zero-order valence-electron chi connectivity index (χ0n) is 17.7. The van der Waals surface area contributed by atoms with Crippen molar-refractivity contribution >= 4 is 5.78 Å². The molecule has 0 saturated carbocycles. The molecule has 2 aromatic heterocycles. The molecule has 0 fully saturated rings. The third kappa shape index (κ3) is 4.39. The Hall–Kier alpha value is -3.56. The molecule has 1 unspecified atom stereocenters. The highest BCUT2D eigenvalue weighted by Crippen LogP contribution is 2.46. The molecule has 168 valence electrons. The van der Waals surface area contributed by atoms with Crippen LogP contribution >= 0.6 is 0 Å². The quantitative estimate of drug-likeness (QED) is 0.302. The van der Waals surface area contributed by atoms with E-state index < -0.39 is 35.3 Å². The van der Waals surface area contributed by atoms with Crippen molar-refractivity contribution in [3.8, 4) is 5.69 Å². The first-order valence-electron chi connectivity index (χ1n) is 9.72. The molecule has 0 saturated heterocycles. The van der Waals surface area contributed by atoms with E-state index in [9.17, 15) is 28.1 Å². The van der Waals surface area contributed by atoms with Crippen molar-refractivity contribution in [2.24, 2.45) is 0 Å². The number of carbonyl (C=O) groups excluding carboxylic acids is 1. The van der Waals surface area contributed by atoms with E-state index in [1.807, 2.05) is 0 Å². The molecular formula is C22H21F3N4O3. The predicted molar refractivity (Wildman–Crippen MR) is 111 cm³/mol. The Morgan fingerprint density at radius 3 is 2.34 bits per heavy atom. The highest BCUT2D eigenvalue weighted by Gasteiger charge is 2.61. The summed E-state index contributed by atoms with van der Waals surface area (Å²) in [4.78, 5) is 27.5. The van der Waals surface area contributed by atoms with Gasteiger partial charge < -0.3 is 0 Å². The molecule has 0 bridgehead atoms. The van der Waals surface area contributed by atoms with Crippen LogP contribution < -0.4 is 0 Å². The number of pyridine rings is 1. The summed E-state index contributed by atoms with van der Waals surface area (Å²) in [6, 6.07) is 8.78. The maximum Gasteiger partial charge on any atom is 0.405 e. The standard InChI is InChI=1S/C22H21F3N4O3/c1-14-11-19(15(2)16(3)27-14)21(13-29(31)32,22(23,24)25)12-20(30)17-5-7-18(8-6-17)28-10-4-9-26-28/h4-11H,12-13H2,1-3H3. The molecule has 10 heteroatoms. The second-order valence-corrected chi connectivity index (χ2v) is 7.69. The smallest absolute Gasteiger partial charge is 0.294 e. The van der Waals surface area contributed by atoms with Gasteiger partial charge in [0.2, 0.25) is 6.54 Å². The third-order valence-electron chi connectivity index (χ3n) is 5.52. The molecule has 1 atom stereocenters. The summed E-state index contributed by atoms with van der Waals surface area (Å²) in [5.74, 6) is -0.845. The van der Waals surface area contributed by atoms with Gasteiger partial charge in [0.05, 0.1) is 5.69 Å². The van der Waals surface area contributed by atoms with Crippen molar-refractivity contribution in [2.75, 3.05) is 6.54 Å². The maximum atomic E-state index is 14.5. The van der Waals surface area contributed by atoms with Crippen LogP contribution in [0.2, 0.25) is 0 Å². The number of carbonyl (C=O) groups is 1. The van der Waals surface area contributed by atoms with Gasteiger partial charge in [0.25, 0.3) is 0 Å². The fraction of sp³-hybridized carbons (Fsp3) is 0.318. The molecule has 0 aliphatic carbocycles. The first-order valence-corrected chi connectivity index (χ1v) is 9.72. The van der Waals surface area contributed by atoms with Gasteiger partial charge in [-0.15, -0.1) is 0 Å². The van der Waals surface area contributed by atoms with Gasteiger partial charge in [0.15, 0.2) is 11.2 Å². The van der Waals surface area contributed by atoms with Crippen molar-refractivity contribution in [1.82, 2.24) is 14.8 Å². The maximum absolute atomic E-state index is 14.5. The van der Waals surface area contributed by atoms with E-state index in [1.54, 1.807) is 30.6 Å². The van der Waals surface area contributed by atoms with Crippen molar-refractivity contribution in [3.05, 3.63) is 87.0 Å². The first-order chi connectivity index (χ1) is 14.9. The lowest BCUT2D eigenvalue weighted by atomic mass is 9.72. The Bertz CT molecular complexity index is 1140. The fourth-order valence-corrected chi connectivity index (χ4v) is 3.79. The van der Waals surface area contributed by atoms with Gasteiger partial charge in [-0.3, -0.25) is 19.9 Å². The highest BCUT2D eigenvalue weighted by molar-refractivity contribution is 5.97. The molecule has 1 aromatic carbocycles. The number of ketones is 1. The number of aromatic nitrogens is 3. The van der Waals surface area contributed by atoms with Crippen LogP contribution in [0.1, 0.15) is 39.3 Å². The van der Waals surface area contributed by atoms with Gasteiger partial charge in [-0.2, -0.15) is 18.3 Å². The van der Waals surface area contributed by atoms with Crippen molar-refractivity contribution < 1.29 is 22.9 Å². The summed E-state index contributed by atoms with van der Waals surface area (Å²) in [5.41, 5.74) is -1.85. The van der Waals surface area contributed by atoms with Gasteiger partial charge in [-0.05, 0) is 68.3 Å². The lowest BCUT2D eigenvalue weighted by Gasteiger charge is -2.34. The summed E-state index contributed by atoms with van der Waals surface area (Å²) < 4.78 is 45.0. The molecule has 3 aromatic rings. The van der Waals surface area contributed by atoms with Crippen molar-refractivity contribution in [1.29, 1.82) is 0 Å². The average Bonchev–Trinajstić information content (AvgIpc) is 3.24. The van der Waals surface area contributed by atoms with Gasteiger partial charge in [-0.1, -0.05) is 0 Å². The number of aryl methyl sites for hydroxylation is 2. The molecule has 0 aliphatic heterocycles. The number of rotatable bonds is 7. The molecule has 0 aliphatic rings. The summed E-state index contributed by atoms with van der Waals surface area (Å²) in [6.45, 7) is 3.02. The molecule has 32 heavy (non-hydrogen) atoms. The molecule has 7 nitrogen and oxygen atoms in total. The van der Waals surface area contributed by atoms with Crippen LogP contribution in [0.4, 0.5) is 13.2 Å². The molecule has 0 N–H and O–H groups in total. The molecular weight excluding hydrogens is 425 g/mol. The van der Waals surface area contributed by atoms with Crippen LogP contribution in [0.15, 0.2) is 48.8 Å². The normalized spacial score (nSPS) is 13.6. The zero-order chi connectivity index (χ0) is 23.7. The predicted octanol–water partition coefficient (Wildman–Crippen LogP) is 4.54. The number of nitrogens with zero attached hydrogens (tertiary/aromatic N) is 4. The third-order valence-corrected chi connectivity index (χ3v) is 5.52. The van der Waals surface area contributed by atoms with E-state index in [0.717, 1.165) is 0 Å². The minimum Gasteiger partial charge on any atom is -0.294 e. The van der Waals surface area contributed by atoms with Crippen LogP contribution in [0.5, 0.6) is 0 Å². The van der Waals surface area contributed by atoms with Crippen LogP contribution in [0.3, 0.4) is 0 Å². The summed E-state index contributed by atoms with van der Waals surface area (Å²) in [5, 5.41) is 15.4. The Morgan fingerprint density at radius 2 is 1.81 bits per heavy atom. The average molecular weight is 446 g/mol. The minimum absolute atomic E-state index is 0.0260. The Labute approximate surface area is 182 Å². The lowest BCUT2D eigenvalue weighted by Crippen LogP contribution is -2.50. The molecule has 2 heterocycles. The summed E-state index contributed by atoms with van der Waals surface area (Å²) in [7, 11) is 0. The number of alkyl halides is 3. The first kappa shape index (κ1) is 23.1. The minimum atomic E-state index is -5.05. The van der Waals surface area contributed by atoms with Gasteiger partial charge >= 0.3 is 6.18 Å². The number of benzene rings is 1. The topological polar surface area (TPSA) is 90.9 Å². The van der Waals surface area contributed by atoms with Crippen LogP contribution in [-0.2, 0) is 5.41 Å². The van der Waals surface area contributed by atoms with E-state index in [0.29, 0.717) is 11.4 Å². The molecule has 3 rings (SSSR count). The fourth-order valence-electron chi connectivity index (χ4n) is 3.79. The van der Waals surface area contributed by atoms with Gasteiger partial charge in [0, 0.05) is 40.7 Å². The monoisotopic (exact) mass is 446 g/mol. The Balaban J connectivity index is 2.08. The van der Waals surface area contributed by atoms with Gasteiger partial charge in [0.1, 0.15) is 0 Å². The molecule has 0 amide bonds. The van der Waals surface area contributed by atoms with Crippen LogP contribution in [0.25, 0.3) is 5.69 Å². The van der Waals surface area contributed by atoms with Crippen LogP contribution in [-0.4, -0.2) is 38.2 Å². The Morgan fingerprint density at radius 1 is 1.16 bits per heavy atom. The number of nitro groups is 1. The van der Waals surface area contributed by atoms with E-state index in [1.165, 1.54) is 43.7 Å². The van der Waals surface area contributed by atoms with E-state index in [4.69, 9.17) is 0 Å². The lowest BCUT2D eigenvalue weighted by molar-refractivity contribution is -0.501. The number of Topliss-reactive ketones (excluding diaryl/α,β-unsaturated/α-hetero) is 1. The van der Waals surface area contributed by atoms with Crippen molar-refractivity contribution in [3.63, 3.8) is 0 Å². The molecule has 0 radical (unpaired) electrons. The van der Waals surface area contributed by atoms with Crippen molar-refractivity contribution in [2.45, 2.75) is 38.8 Å². The highest BCUT2D eigenvalue weighted by atomic mass is 19.4. The van der Waals surface area contributed by atoms with Gasteiger partial charge in [-0.25, -0.2) is 4.68 Å². The van der Waals surface area contributed by atoms with Crippen LogP contribution in [0, 0.1) is 30.9 Å². The zero-order valence-corrected chi connectivity index (χ0v) is 17.7. The summed E-state index contributed by atoms with van der Waals surface area (Å²) in [6.07, 6.45) is -2.90. The SMILES string of the molecule is Cc1cc(C(CC(=O)c2ccc(-n3cccn3)cc2)(C[N+](=O)[O-])C(F)(F)F)c(C)c(C)n1. The number of hydrogen-bond acceptors (Lipinski definition) is 5. The van der Waals surface area contributed by atoms with E-state index in [-0.39, 0.29) is 22.4 Å². The summed E-state index contributed by atoms with van der Waals surface area (Å²) >= 11 is 0. The second kappa shape index (κ2) is 8.52. The Kier molecular flexibility index (Phi) is 6.16. The number of hydrogen-bond donors (Lipinski definition) is 0. The molecule has 0 spiro atoms. The van der Waals surface area contributed by atoms with E-state index in [2.05, 4.69) is 10.1 Å². The second-order valence-electron chi connectivity index (χ2n) is 7.69. The van der Waals surface area contributed by atoms with E-state index >= 15 is 0 Å².